The van der Waals surface area contributed by atoms with E-state index in [2.05, 4.69) is 10.9 Å². The fraction of sp³-hybridized carbons (Fsp3) is 0.286. The Morgan fingerprint density at radius 3 is 2.71 bits per heavy atom. The molecule has 0 radical (unpaired) electrons. The van der Waals surface area contributed by atoms with E-state index in [9.17, 15) is 19.7 Å². The molecule has 21 heavy (non-hydrogen) atoms. The van der Waals surface area contributed by atoms with Crippen LogP contribution < -0.4 is 10.9 Å². The molecule has 2 amide bonds. The van der Waals surface area contributed by atoms with E-state index in [1.807, 2.05) is 12.2 Å². The van der Waals surface area contributed by atoms with Gasteiger partial charge in [0.1, 0.15) is 0 Å². The lowest BCUT2D eigenvalue weighted by molar-refractivity contribution is -0.384. The van der Waals surface area contributed by atoms with Crippen molar-refractivity contribution in [1.82, 2.24) is 10.9 Å². The summed E-state index contributed by atoms with van der Waals surface area (Å²) in [6, 6.07) is 5.31. The third-order valence-electron chi connectivity index (χ3n) is 3.26. The molecular formula is C14H15N3O4. The molecule has 0 spiro atoms. The molecule has 1 unspecified atom stereocenters. The topological polar surface area (TPSA) is 101 Å². The Morgan fingerprint density at radius 2 is 2.05 bits per heavy atom. The molecule has 1 aromatic carbocycles. The van der Waals surface area contributed by atoms with Crippen LogP contribution in [-0.4, -0.2) is 16.7 Å². The summed E-state index contributed by atoms with van der Waals surface area (Å²) in [6.07, 6.45) is 6.20. The number of carbonyl (C=O) groups excluding carboxylic acids is 2. The average molecular weight is 289 g/mol. The number of allylic oxidation sites excluding steroid dienone is 2. The van der Waals surface area contributed by atoms with Crippen molar-refractivity contribution in [2.24, 2.45) is 5.92 Å². The number of nitrogens with zero attached hydrogens (tertiary/aromatic N) is 1. The van der Waals surface area contributed by atoms with Crippen LogP contribution in [0.3, 0.4) is 0 Å². The minimum atomic E-state index is -0.585. The van der Waals surface area contributed by atoms with Gasteiger partial charge in [-0.05, 0) is 25.3 Å². The van der Waals surface area contributed by atoms with Crippen LogP contribution in [0.2, 0.25) is 0 Å². The molecule has 2 N–H and O–H groups in total. The van der Waals surface area contributed by atoms with Gasteiger partial charge in [0, 0.05) is 23.6 Å². The molecule has 110 valence electrons. The summed E-state index contributed by atoms with van der Waals surface area (Å²) in [7, 11) is 0. The van der Waals surface area contributed by atoms with Crippen LogP contribution in [0.25, 0.3) is 0 Å². The average Bonchev–Trinajstić information content (AvgIpc) is 2.53. The molecule has 7 heteroatoms. The fourth-order valence-corrected chi connectivity index (χ4v) is 2.09. The Balaban J connectivity index is 1.92. The standard InChI is InChI=1S/C14H15N3O4/c18-13(10-5-2-1-3-6-10)15-16-14(19)11-7-4-8-12(9-11)17(20)21/h1-2,4,7-10H,3,5-6H2,(H,15,18)(H,16,19). The third-order valence-corrected chi connectivity index (χ3v) is 3.26. The van der Waals surface area contributed by atoms with Crippen molar-refractivity contribution in [3.05, 3.63) is 52.1 Å². The number of non-ortho nitro benzene ring substituents is 1. The van der Waals surface area contributed by atoms with Crippen LogP contribution in [0.5, 0.6) is 0 Å². The van der Waals surface area contributed by atoms with Gasteiger partial charge < -0.3 is 0 Å². The van der Waals surface area contributed by atoms with Gasteiger partial charge in [-0.15, -0.1) is 0 Å². The predicted octanol–water partition coefficient (Wildman–Crippen LogP) is 1.71. The van der Waals surface area contributed by atoms with E-state index < -0.39 is 10.8 Å². The Hall–Kier alpha value is -2.70. The van der Waals surface area contributed by atoms with Gasteiger partial charge in [0.25, 0.3) is 11.6 Å². The molecule has 1 aliphatic carbocycles. The van der Waals surface area contributed by atoms with Crippen molar-refractivity contribution < 1.29 is 14.5 Å². The number of rotatable bonds is 3. The lowest BCUT2D eigenvalue weighted by Crippen LogP contribution is -2.44. The maximum Gasteiger partial charge on any atom is 0.270 e. The number of nitro benzene ring substituents is 1. The molecule has 0 saturated heterocycles. The molecule has 2 rings (SSSR count). The highest BCUT2D eigenvalue weighted by molar-refractivity contribution is 5.96. The fourth-order valence-electron chi connectivity index (χ4n) is 2.09. The van der Waals surface area contributed by atoms with Gasteiger partial charge >= 0.3 is 0 Å². The van der Waals surface area contributed by atoms with Gasteiger partial charge in [-0.2, -0.15) is 0 Å². The minimum Gasteiger partial charge on any atom is -0.273 e. The number of hydrogen-bond acceptors (Lipinski definition) is 4. The maximum atomic E-state index is 11.8. The van der Waals surface area contributed by atoms with E-state index in [1.54, 1.807) is 0 Å². The number of carbonyl (C=O) groups is 2. The molecule has 0 fully saturated rings. The largest absolute Gasteiger partial charge is 0.273 e. The highest BCUT2D eigenvalue weighted by Gasteiger charge is 2.19. The van der Waals surface area contributed by atoms with Crippen molar-refractivity contribution in [3.63, 3.8) is 0 Å². The minimum absolute atomic E-state index is 0.119. The van der Waals surface area contributed by atoms with E-state index in [0.717, 1.165) is 18.9 Å². The van der Waals surface area contributed by atoms with Gasteiger partial charge in [-0.25, -0.2) is 0 Å². The molecule has 7 nitrogen and oxygen atoms in total. The van der Waals surface area contributed by atoms with E-state index in [-0.39, 0.29) is 23.1 Å². The van der Waals surface area contributed by atoms with Crippen LogP contribution in [-0.2, 0) is 4.79 Å². The van der Waals surface area contributed by atoms with Crippen LogP contribution in [0.1, 0.15) is 29.6 Å². The summed E-state index contributed by atoms with van der Waals surface area (Å²) < 4.78 is 0. The highest BCUT2D eigenvalue weighted by atomic mass is 16.6. The number of hydrogen-bond donors (Lipinski definition) is 2. The van der Waals surface area contributed by atoms with Crippen LogP contribution in [0, 0.1) is 16.0 Å². The van der Waals surface area contributed by atoms with E-state index in [1.165, 1.54) is 18.2 Å². The summed E-state index contributed by atoms with van der Waals surface area (Å²) in [6.45, 7) is 0. The first-order chi connectivity index (χ1) is 10.1. The monoisotopic (exact) mass is 289 g/mol. The van der Waals surface area contributed by atoms with Crippen molar-refractivity contribution in [2.45, 2.75) is 19.3 Å². The number of nitrogens with one attached hydrogen (secondary N) is 2. The summed E-state index contributed by atoms with van der Waals surface area (Å²) >= 11 is 0. The smallest absolute Gasteiger partial charge is 0.270 e. The SMILES string of the molecule is O=C(NNC(=O)C1CC=CCC1)c1cccc([N+](=O)[O-])c1. The molecular weight excluding hydrogens is 274 g/mol. The Kier molecular flexibility index (Phi) is 4.65. The van der Waals surface area contributed by atoms with Crippen LogP contribution >= 0.6 is 0 Å². The van der Waals surface area contributed by atoms with Crippen molar-refractivity contribution >= 4 is 17.5 Å². The molecule has 1 atom stereocenters. The van der Waals surface area contributed by atoms with Gasteiger partial charge in [0.05, 0.1) is 4.92 Å². The third kappa shape index (κ3) is 3.88. The number of nitro groups is 1. The normalized spacial score (nSPS) is 17.0. The second-order valence-corrected chi connectivity index (χ2v) is 4.73. The highest BCUT2D eigenvalue weighted by Crippen LogP contribution is 2.17. The predicted molar refractivity (Wildman–Crippen MR) is 75.2 cm³/mol. The van der Waals surface area contributed by atoms with E-state index in [4.69, 9.17) is 0 Å². The number of hydrazine groups is 1. The van der Waals surface area contributed by atoms with E-state index in [0.29, 0.717) is 6.42 Å². The second kappa shape index (κ2) is 6.65. The Bertz CT molecular complexity index is 598. The molecule has 0 heterocycles. The zero-order valence-corrected chi connectivity index (χ0v) is 11.2. The Labute approximate surface area is 121 Å². The van der Waals surface area contributed by atoms with Gasteiger partial charge in [0.15, 0.2) is 0 Å². The quantitative estimate of drug-likeness (QED) is 0.502. The van der Waals surface area contributed by atoms with E-state index >= 15 is 0 Å². The summed E-state index contributed by atoms with van der Waals surface area (Å²) in [5.74, 6) is -0.989. The first-order valence-electron chi connectivity index (χ1n) is 6.57. The summed E-state index contributed by atoms with van der Waals surface area (Å²) in [5.41, 5.74) is 4.58. The first-order valence-corrected chi connectivity index (χ1v) is 6.57. The van der Waals surface area contributed by atoms with Gasteiger partial charge in [-0.3, -0.25) is 30.6 Å². The van der Waals surface area contributed by atoms with Crippen molar-refractivity contribution in [3.8, 4) is 0 Å². The molecule has 0 aliphatic heterocycles. The van der Waals surface area contributed by atoms with Crippen molar-refractivity contribution in [2.75, 3.05) is 0 Å². The number of benzene rings is 1. The summed E-state index contributed by atoms with van der Waals surface area (Å²) in [4.78, 5) is 33.8. The van der Waals surface area contributed by atoms with Gasteiger partial charge in [-0.1, -0.05) is 18.2 Å². The number of amides is 2. The molecule has 0 bridgehead atoms. The lowest BCUT2D eigenvalue weighted by Gasteiger charge is -2.17. The molecule has 1 aliphatic rings. The van der Waals surface area contributed by atoms with Gasteiger partial charge in [0.2, 0.25) is 5.91 Å². The van der Waals surface area contributed by atoms with Crippen molar-refractivity contribution in [1.29, 1.82) is 0 Å². The molecule has 0 saturated carbocycles. The second-order valence-electron chi connectivity index (χ2n) is 4.73. The summed E-state index contributed by atoms with van der Waals surface area (Å²) in [5, 5.41) is 10.6. The van der Waals surface area contributed by atoms with Crippen LogP contribution in [0.4, 0.5) is 5.69 Å². The maximum absolute atomic E-state index is 11.8. The lowest BCUT2D eigenvalue weighted by atomic mass is 9.94. The molecule has 0 aromatic heterocycles. The Morgan fingerprint density at radius 1 is 1.24 bits per heavy atom. The van der Waals surface area contributed by atoms with Crippen LogP contribution in [0.15, 0.2) is 36.4 Å². The first kappa shape index (κ1) is 14.7. The molecule has 1 aromatic rings. The zero-order valence-electron chi connectivity index (χ0n) is 11.2. The zero-order chi connectivity index (χ0) is 15.2.